The van der Waals surface area contributed by atoms with E-state index in [4.69, 9.17) is 4.52 Å². The van der Waals surface area contributed by atoms with Crippen molar-refractivity contribution in [2.45, 2.75) is 30.6 Å². The Morgan fingerprint density at radius 1 is 1.27 bits per heavy atom. The van der Waals surface area contributed by atoms with Crippen molar-refractivity contribution in [2.24, 2.45) is 0 Å². The predicted octanol–water partition coefficient (Wildman–Crippen LogP) is 2.21. The Labute approximate surface area is 128 Å². The molecule has 22 heavy (non-hydrogen) atoms. The van der Waals surface area contributed by atoms with Gasteiger partial charge in [-0.2, -0.15) is 0 Å². The van der Waals surface area contributed by atoms with Gasteiger partial charge < -0.3 is 4.52 Å². The molecule has 116 valence electrons. The topological polar surface area (TPSA) is 89.3 Å². The lowest BCUT2D eigenvalue weighted by atomic mass is 9.97. The molecule has 3 rings (SSSR count). The molecule has 1 aromatic carbocycles. The summed E-state index contributed by atoms with van der Waals surface area (Å²) >= 11 is 0. The van der Waals surface area contributed by atoms with Crippen molar-refractivity contribution in [1.82, 2.24) is 5.16 Å². The highest BCUT2D eigenvalue weighted by Crippen LogP contribution is 2.27. The first-order chi connectivity index (χ1) is 10.4. The molecule has 1 aromatic heterocycles. The first-order valence-corrected chi connectivity index (χ1v) is 8.93. The first kappa shape index (κ1) is 14.8. The van der Waals surface area contributed by atoms with Crippen molar-refractivity contribution < 1.29 is 17.7 Å². The van der Waals surface area contributed by atoms with E-state index in [9.17, 15) is 13.2 Å². The average molecular weight is 320 g/mol. The summed E-state index contributed by atoms with van der Waals surface area (Å²) in [5.74, 6) is -0.0421. The van der Waals surface area contributed by atoms with Crippen molar-refractivity contribution in [1.29, 1.82) is 0 Å². The van der Waals surface area contributed by atoms with Gasteiger partial charge in [0, 0.05) is 17.4 Å². The van der Waals surface area contributed by atoms with Crippen LogP contribution in [0.1, 0.15) is 34.5 Å². The van der Waals surface area contributed by atoms with Gasteiger partial charge in [-0.3, -0.25) is 10.1 Å². The van der Waals surface area contributed by atoms with Crippen LogP contribution in [0.15, 0.2) is 33.7 Å². The zero-order chi connectivity index (χ0) is 15.7. The molecule has 0 saturated heterocycles. The third kappa shape index (κ3) is 2.89. The Kier molecular flexibility index (Phi) is 3.74. The van der Waals surface area contributed by atoms with E-state index in [0.29, 0.717) is 5.88 Å². The highest BCUT2D eigenvalue weighted by Gasteiger charge is 2.21. The quantitative estimate of drug-likeness (QED) is 0.936. The molecule has 7 heteroatoms. The van der Waals surface area contributed by atoms with Crippen LogP contribution in [-0.2, 0) is 22.7 Å². The second-order valence-corrected chi connectivity index (χ2v) is 7.41. The number of nitrogens with one attached hydrogen (secondary N) is 1. The molecule has 0 fully saturated rings. The normalized spacial score (nSPS) is 14.4. The van der Waals surface area contributed by atoms with Gasteiger partial charge in [0.05, 0.1) is 10.6 Å². The summed E-state index contributed by atoms with van der Waals surface area (Å²) in [5, 5.41) is 6.66. The molecule has 2 aromatic rings. The second-order valence-electron chi connectivity index (χ2n) is 5.40. The van der Waals surface area contributed by atoms with Crippen LogP contribution in [0.2, 0.25) is 0 Å². The van der Waals surface area contributed by atoms with Crippen molar-refractivity contribution in [2.75, 3.05) is 11.6 Å². The Balaban J connectivity index is 1.85. The van der Waals surface area contributed by atoms with Crippen LogP contribution in [0.4, 0.5) is 5.88 Å². The van der Waals surface area contributed by atoms with Crippen molar-refractivity contribution in [3.05, 3.63) is 41.1 Å². The van der Waals surface area contributed by atoms with Gasteiger partial charge in [-0.05, 0) is 43.9 Å². The Bertz CT molecular complexity index is 824. The number of hydrogen-bond acceptors (Lipinski definition) is 5. The SMILES string of the molecule is CS(=O)(=O)c1cccc(C(=O)Nc2onc3c2CCCC3)c1. The standard InChI is InChI=1S/C15H16N2O4S/c1-22(19,20)11-6-4-5-10(9-11)14(18)16-15-12-7-2-3-8-13(12)17-21-15/h4-6,9H,2-3,7-8H2,1H3,(H,16,18). The number of nitrogens with zero attached hydrogens (tertiary/aromatic N) is 1. The largest absolute Gasteiger partial charge is 0.338 e. The van der Waals surface area contributed by atoms with Gasteiger partial charge in [0.1, 0.15) is 0 Å². The maximum atomic E-state index is 12.3. The summed E-state index contributed by atoms with van der Waals surface area (Å²) in [6.07, 6.45) is 4.91. The average Bonchev–Trinajstić information content (AvgIpc) is 2.90. The number of carbonyl (C=O) groups is 1. The molecular formula is C15H16N2O4S. The molecule has 0 aliphatic heterocycles. The number of sulfone groups is 1. The lowest BCUT2D eigenvalue weighted by Gasteiger charge is -2.09. The number of amides is 1. The predicted molar refractivity (Wildman–Crippen MR) is 80.7 cm³/mol. The molecule has 0 bridgehead atoms. The highest BCUT2D eigenvalue weighted by atomic mass is 32.2. The van der Waals surface area contributed by atoms with Crippen LogP contribution < -0.4 is 5.32 Å². The summed E-state index contributed by atoms with van der Waals surface area (Å²) in [6.45, 7) is 0. The maximum absolute atomic E-state index is 12.3. The van der Waals surface area contributed by atoms with Crippen LogP contribution in [0, 0.1) is 0 Å². The Hall–Kier alpha value is -2.15. The second kappa shape index (κ2) is 5.57. The Morgan fingerprint density at radius 3 is 2.82 bits per heavy atom. The minimum Gasteiger partial charge on any atom is -0.338 e. The van der Waals surface area contributed by atoms with Crippen molar-refractivity contribution in [3.63, 3.8) is 0 Å². The minimum atomic E-state index is -3.35. The molecule has 6 nitrogen and oxygen atoms in total. The Morgan fingerprint density at radius 2 is 2.05 bits per heavy atom. The molecule has 0 unspecified atom stereocenters. The fourth-order valence-electron chi connectivity index (χ4n) is 2.53. The lowest BCUT2D eigenvalue weighted by molar-refractivity contribution is 0.102. The van der Waals surface area contributed by atoms with E-state index < -0.39 is 15.7 Å². The van der Waals surface area contributed by atoms with E-state index in [-0.39, 0.29) is 10.5 Å². The summed E-state index contributed by atoms with van der Waals surface area (Å²) in [5.41, 5.74) is 2.11. The number of carbonyl (C=O) groups excluding carboxylic acids is 1. The van der Waals surface area contributed by atoms with Crippen molar-refractivity contribution >= 4 is 21.6 Å². The maximum Gasteiger partial charge on any atom is 0.258 e. The van der Waals surface area contributed by atoms with Gasteiger partial charge >= 0.3 is 0 Å². The molecule has 1 heterocycles. The molecule has 0 atom stereocenters. The highest BCUT2D eigenvalue weighted by molar-refractivity contribution is 7.90. The summed E-state index contributed by atoms with van der Waals surface area (Å²) in [7, 11) is -3.35. The van der Waals surface area contributed by atoms with Crippen LogP contribution >= 0.6 is 0 Å². The number of hydrogen-bond donors (Lipinski definition) is 1. The number of aromatic nitrogens is 1. The first-order valence-electron chi connectivity index (χ1n) is 7.04. The monoisotopic (exact) mass is 320 g/mol. The summed E-state index contributed by atoms with van der Waals surface area (Å²) in [6, 6.07) is 5.92. The smallest absolute Gasteiger partial charge is 0.258 e. The summed E-state index contributed by atoms with van der Waals surface area (Å²) < 4.78 is 28.3. The van der Waals surface area contributed by atoms with Crippen LogP contribution in [0.3, 0.4) is 0 Å². The van der Waals surface area contributed by atoms with E-state index in [1.165, 1.54) is 12.1 Å². The fraction of sp³-hybridized carbons (Fsp3) is 0.333. The number of anilines is 1. The minimum absolute atomic E-state index is 0.111. The van der Waals surface area contributed by atoms with E-state index >= 15 is 0 Å². The van der Waals surface area contributed by atoms with Crippen molar-refractivity contribution in [3.8, 4) is 0 Å². The van der Waals surface area contributed by atoms with E-state index in [2.05, 4.69) is 10.5 Å². The van der Waals surface area contributed by atoms with Gasteiger partial charge in [0.25, 0.3) is 5.91 Å². The fourth-order valence-corrected chi connectivity index (χ4v) is 3.20. The van der Waals surface area contributed by atoms with E-state index in [1.807, 2.05) is 0 Å². The lowest BCUT2D eigenvalue weighted by Crippen LogP contribution is -2.14. The van der Waals surface area contributed by atoms with Gasteiger partial charge in [-0.15, -0.1) is 0 Å². The summed E-state index contributed by atoms with van der Waals surface area (Å²) in [4.78, 5) is 12.4. The third-order valence-electron chi connectivity index (χ3n) is 3.71. The number of fused-ring (bicyclic) bond motifs is 1. The van der Waals surface area contributed by atoms with E-state index in [1.54, 1.807) is 12.1 Å². The molecular weight excluding hydrogens is 304 g/mol. The molecule has 0 spiro atoms. The number of rotatable bonds is 3. The van der Waals surface area contributed by atoms with Gasteiger partial charge in [0.15, 0.2) is 9.84 Å². The van der Waals surface area contributed by atoms with E-state index in [0.717, 1.165) is 43.2 Å². The number of benzene rings is 1. The van der Waals surface area contributed by atoms with Crippen LogP contribution in [-0.4, -0.2) is 25.7 Å². The molecule has 0 saturated carbocycles. The van der Waals surface area contributed by atoms with Gasteiger partial charge in [-0.1, -0.05) is 11.2 Å². The van der Waals surface area contributed by atoms with Crippen LogP contribution in [0.5, 0.6) is 0 Å². The molecule has 1 aliphatic carbocycles. The molecule has 1 amide bonds. The van der Waals surface area contributed by atoms with Gasteiger partial charge in [0.2, 0.25) is 5.88 Å². The number of aryl methyl sites for hydroxylation is 1. The molecule has 1 aliphatic rings. The van der Waals surface area contributed by atoms with Gasteiger partial charge in [-0.25, -0.2) is 8.42 Å². The zero-order valence-corrected chi connectivity index (χ0v) is 12.9. The zero-order valence-electron chi connectivity index (χ0n) is 12.1. The molecule has 1 N–H and O–H groups in total. The molecule has 0 radical (unpaired) electrons. The van der Waals surface area contributed by atoms with Crippen LogP contribution in [0.25, 0.3) is 0 Å². The third-order valence-corrected chi connectivity index (χ3v) is 4.82.